The SMILES string of the molecule is CCCCCCCCOc1ccc(-c2ccccc2B(c2ccccc2)c2ccccc2)cc1.[Na]. The van der Waals surface area contributed by atoms with Crippen molar-refractivity contribution >= 4 is 52.7 Å². The van der Waals surface area contributed by atoms with Crippen LogP contribution in [-0.4, -0.2) is 42.9 Å². The maximum absolute atomic E-state index is 6.02. The Labute approximate surface area is 234 Å². The predicted octanol–water partition coefficient (Wildman–Crippen LogP) is 6.23. The smallest absolute Gasteiger partial charge is 0.241 e. The van der Waals surface area contributed by atoms with Crippen molar-refractivity contribution in [3.8, 4) is 16.9 Å². The van der Waals surface area contributed by atoms with E-state index in [0.717, 1.165) is 18.8 Å². The summed E-state index contributed by atoms with van der Waals surface area (Å²) < 4.78 is 6.02. The molecule has 1 nitrogen and oxygen atoms in total. The van der Waals surface area contributed by atoms with Gasteiger partial charge in [0.1, 0.15) is 5.75 Å². The van der Waals surface area contributed by atoms with Gasteiger partial charge in [-0.2, -0.15) is 0 Å². The van der Waals surface area contributed by atoms with E-state index in [1.165, 1.54) is 59.6 Å². The van der Waals surface area contributed by atoms with Crippen LogP contribution in [0, 0.1) is 0 Å². The summed E-state index contributed by atoms with van der Waals surface area (Å²) in [6.07, 6.45) is 7.69. The molecule has 0 bridgehead atoms. The molecule has 0 saturated heterocycles. The molecule has 0 aliphatic rings. The summed E-state index contributed by atoms with van der Waals surface area (Å²) >= 11 is 0. The van der Waals surface area contributed by atoms with E-state index in [1.54, 1.807) is 0 Å². The van der Waals surface area contributed by atoms with Crippen LogP contribution in [0.5, 0.6) is 5.75 Å². The van der Waals surface area contributed by atoms with Gasteiger partial charge in [-0.15, -0.1) is 0 Å². The zero-order chi connectivity index (χ0) is 23.4. The molecule has 0 heterocycles. The molecular formula is C32H35BNaO. The maximum atomic E-state index is 6.02. The van der Waals surface area contributed by atoms with Crippen molar-refractivity contribution in [3.05, 3.63) is 109 Å². The van der Waals surface area contributed by atoms with Gasteiger partial charge in [-0.1, -0.05) is 152 Å². The number of hydrogen-bond donors (Lipinski definition) is 0. The molecule has 4 aromatic rings. The number of benzene rings is 4. The van der Waals surface area contributed by atoms with E-state index in [1.807, 2.05) is 0 Å². The fraction of sp³-hybridized carbons (Fsp3) is 0.250. The van der Waals surface area contributed by atoms with Crippen LogP contribution in [0.2, 0.25) is 0 Å². The average molecular weight is 469 g/mol. The van der Waals surface area contributed by atoms with Crippen LogP contribution < -0.4 is 21.1 Å². The Morgan fingerprint density at radius 2 is 1.11 bits per heavy atom. The Bertz CT molecular complexity index is 1070. The molecule has 0 aromatic heterocycles. The molecule has 4 rings (SSSR count). The molecule has 0 spiro atoms. The van der Waals surface area contributed by atoms with Crippen LogP contribution in [0.4, 0.5) is 0 Å². The van der Waals surface area contributed by atoms with E-state index < -0.39 is 0 Å². The third kappa shape index (κ3) is 7.87. The minimum atomic E-state index is 0. The summed E-state index contributed by atoms with van der Waals surface area (Å²) in [6.45, 7) is 3.24. The molecule has 0 fully saturated rings. The Morgan fingerprint density at radius 1 is 0.571 bits per heavy atom. The molecule has 4 aromatic carbocycles. The van der Waals surface area contributed by atoms with Crippen molar-refractivity contribution in [2.45, 2.75) is 45.4 Å². The van der Waals surface area contributed by atoms with E-state index in [9.17, 15) is 0 Å². The molecule has 0 amide bonds. The van der Waals surface area contributed by atoms with E-state index in [4.69, 9.17) is 4.74 Å². The first-order valence-electron chi connectivity index (χ1n) is 12.8. The van der Waals surface area contributed by atoms with E-state index in [0.29, 0.717) is 0 Å². The first kappa shape index (κ1) is 27.3. The molecular weight excluding hydrogens is 434 g/mol. The zero-order valence-electron chi connectivity index (χ0n) is 21.3. The second kappa shape index (κ2) is 15.0. The molecule has 3 heteroatoms. The largest absolute Gasteiger partial charge is 0.494 e. The fourth-order valence-electron chi connectivity index (χ4n) is 4.66. The quantitative estimate of drug-likeness (QED) is 0.177. The van der Waals surface area contributed by atoms with Gasteiger partial charge in [-0.05, 0) is 29.7 Å². The summed E-state index contributed by atoms with van der Waals surface area (Å²) in [5.74, 6) is 0.956. The predicted molar refractivity (Wildman–Crippen MR) is 154 cm³/mol. The summed E-state index contributed by atoms with van der Waals surface area (Å²) in [6, 6.07) is 39.0. The van der Waals surface area contributed by atoms with E-state index in [-0.39, 0.29) is 36.3 Å². The summed E-state index contributed by atoms with van der Waals surface area (Å²) in [5, 5.41) is 0. The Balaban J connectivity index is 0.00000342. The molecule has 0 aliphatic carbocycles. The first-order valence-corrected chi connectivity index (χ1v) is 12.8. The van der Waals surface area contributed by atoms with Crippen molar-refractivity contribution in [2.24, 2.45) is 0 Å². The van der Waals surface area contributed by atoms with Gasteiger partial charge in [-0.25, -0.2) is 0 Å². The zero-order valence-corrected chi connectivity index (χ0v) is 23.3. The molecule has 0 aliphatic heterocycles. The summed E-state index contributed by atoms with van der Waals surface area (Å²) in [5.41, 5.74) is 6.42. The molecule has 0 saturated carbocycles. The minimum absolute atomic E-state index is 0. The van der Waals surface area contributed by atoms with Crippen LogP contribution in [0.15, 0.2) is 109 Å². The molecule has 0 atom stereocenters. The Hall–Kier alpha value is -2.26. The van der Waals surface area contributed by atoms with Crippen molar-refractivity contribution in [1.82, 2.24) is 0 Å². The normalized spacial score (nSPS) is 10.4. The van der Waals surface area contributed by atoms with Crippen molar-refractivity contribution in [1.29, 1.82) is 0 Å². The second-order valence-electron chi connectivity index (χ2n) is 8.98. The molecule has 173 valence electrons. The maximum Gasteiger partial charge on any atom is 0.241 e. The number of ether oxygens (including phenoxy) is 1. The number of hydrogen-bond acceptors (Lipinski definition) is 1. The van der Waals surface area contributed by atoms with Crippen molar-refractivity contribution in [2.75, 3.05) is 6.61 Å². The van der Waals surface area contributed by atoms with Gasteiger partial charge in [0.05, 0.1) is 6.61 Å². The molecule has 0 N–H and O–H groups in total. The van der Waals surface area contributed by atoms with Crippen LogP contribution >= 0.6 is 0 Å². The van der Waals surface area contributed by atoms with Gasteiger partial charge in [0.15, 0.2) is 0 Å². The van der Waals surface area contributed by atoms with Crippen LogP contribution in [0.1, 0.15) is 45.4 Å². The minimum Gasteiger partial charge on any atom is -0.494 e. The molecule has 0 unspecified atom stereocenters. The monoisotopic (exact) mass is 469 g/mol. The van der Waals surface area contributed by atoms with Gasteiger partial charge in [-0.3, -0.25) is 0 Å². The van der Waals surface area contributed by atoms with E-state index in [2.05, 4.69) is 116 Å². The number of rotatable bonds is 12. The first-order chi connectivity index (χ1) is 16.9. The fourth-order valence-corrected chi connectivity index (χ4v) is 4.66. The van der Waals surface area contributed by atoms with Crippen molar-refractivity contribution in [3.63, 3.8) is 0 Å². The Morgan fingerprint density at radius 3 is 1.74 bits per heavy atom. The average Bonchev–Trinajstić information content (AvgIpc) is 2.90. The third-order valence-corrected chi connectivity index (χ3v) is 6.47. The molecule has 35 heavy (non-hydrogen) atoms. The van der Waals surface area contributed by atoms with Crippen LogP contribution in [0.25, 0.3) is 11.1 Å². The summed E-state index contributed by atoms with van der Waals surface area (Å²) in [4.78, 5) is 0. The second-order valence-corrected chi connectivity index (χ2v) is 8.98. The topological polar surface area (TPSA) is 9.23 Å². The molecule has 1 radical (unpaired) electrons. The van der Waals surface area contributed by atoms with Gasteiger partial charge in [0.2, 0.25) is 6.71 Å². The van der Waals surface area contributed by atoms with Gasteiger partial charge in [0.25, 0.3) is 0 Å². The van der Waals surface area contributed by atoms with Crippen LogP contribution in [0.3, 0.4) is 0 Å². The van der Waals surface area contributed by atoms with Crippen LogP contribution in [-0.2, 0) is 0 Å². The van der Waals surface area contributed by atoms with Crippen molar-refractivity contribution < 1.29 is 4.74 Å². The summed E-state index contributed by atoms with van der Waals surface area (Å²) in [7, 11) is 0. The Kier molecular flexibility index (Phi) is 11.7. The standard InChI is InChI=1S/C32H35BO.Na/c1-2-3-4-5-6-15-26-34-30-24-22-27(23-25-30)31-20-13-14-21-32(31)33(28-16-9-7-10-17-28)29-18-11-8-12-19-29;/h7-14,16-25H,2-6,15,26H2,1H3;. The van der Waals surface area contributed by atoms with Gasteiger partial charge < -0.3 is 4.74 Å². The van der Waals surface area contributed by atoms with Gasteiger partial charge >= 0.3 is 0 Å². The van der Waals surface area contributed by atoms with E-state index >= 15 is 0 Å². The number of unbranched alkanes of at least 4 members (excludes halogenated alkanes) is 5. The van der Waals surface area contributed by atoms with Gasteiger partial charge in [0, 0.05) is 29.6 Å². The third-order valence-electron chi connectivity index (χ3n) is 6.47.